The Hall–Kier alpha value is -1.89. The van der Waals surface area contributed by atoms with Gasteiger partial charge in [0.15, 0.2) is 0 Å². The van der Waals surface area contributed by atoms with Gasteiger partial charge in [-0.15, -0.1) is 0 Å². The number of nitrogens with zero attached hydrogens (tertiary/aromatic N) is 2. The molecule has 4 aliphatic rings. The minimum Gasteiger partial charge on any atom is -0.459 e. The third-order valence-electron chi connectivity index (χ3n) is 7.81. The average Bonchev–Trinajstić information content (AvgIpc) is 3.36. The summed E-state index contributed by atoms with van der Waals surface area (Å²) in [6.07, 6.45) is 3.66. The lowest BCUT2D eigenvalue weighted by atomic mass is 9.79. The van der Waals surface area contributed by atoms with Gasteiger partial charge in [-0.2, -0.15) is 0 Å². The lowest BCUT2D eigenvalue weighted by Crippen LogP contribution is -2.49. The van der Waals surface area contributed by atoms with E-state index in [2.05, 4.69) is 47.1 Å². The standard InChI is InChI=1S/C25H34N2O4/c1-17-7-6-10-25(2)23(31-25)22-19(15-21(17)28)20(24(29)30-22)16-26-11-13-27(14-12-26)18-8-4-3-5-9-18/h3-5,7-9,19-23,28H,6,10-16H2,1-2H3/t19-,20-,21+,22-,23+,25+/m0/s1. The Labute approximate surface area is 184 Å². The highest BCUT2D eigenvalue weighted by Gasteiger charge is 2.63. The highest BCUT2D eigenvalue weighted by molar-refractivity contribution is 5.76. The van der Waals surface area contributed by atoms with Crippen molar-refractivity contribution in [3.63, 3.8) is 0 Å². The molecule has 6 atom stereocenters. The summed E-state index contributed by atoms with van der Waals surface area (Å²) in [5, 5.41) is 10.8. The molecule has 168 valence electrons. The topological polar surface area (TPSA) is 65.5 Å². The second-order valence-corrected chi connectivity index (χ2v) is 9.88. The monoisotopic (exact) mass is 426 g/mol. The maximum atomic E-state index is 12.9. The fraction of sp³-hybridized carbons (Fsp3) is 0.640. The van der Waals surface area contributed by atoms with Gasteiger partial charge >= 0.3 is 5.97 Å². The fourth-order valence-electron chi connectivity index (χ4n) is 5.65. The summed E-state index contributed by atoms with van der Waals surface area (Å²) in [7, 11) is 0. The number of carbonyl (C=O) groups excluding carboxylic acids is 1. The first-order valence-electron chi connectivity index (χ1n) is 11.7. The zero-order chi connectivity index (χ0) is 21.6. The number of piperazine rings is 1. The summed E-state index contributed by atoms with van der Waals surface area (Å²) in [6.45, 7) is 8.57. The van der Waals surface area contributed by atoms with Gasteiger partial charge < -0.3 is 19.5 Å². The quantitative estimate of drug-likeness (QED) is 0.455. The van der Waals surface area contributed by atoms with Crippen molar-refractivity contribution in [2.45, 2.75) is 57.0 Å². The lowest BCUT2D eigenvalue weighted by molar-refractivity contribution is -0.145. The largest absolute Gasteiger partial charge is 0.459 e. The Morgan fingerprint density at radius 2 is 1.90 bits per heavy atom. The molecule has 0 radical (unpaired) electrons. The van der Waals surface area contributed by atoms with Crippen LogP contribution in [-0.4, -0.2) is 72.6 Å². The van der Waals surface area contributed by atoms with E-state index in [4.69, 9.17) is 9.47 Å². The number of carbonyl (C=O) groups is 1. The molecular weight excluding hydrogens is 392 g/mol. The van der Waals surface area contributed by atoms with Crippen LogP contribution in [0.4, 0.5) is 5.69 Å². The summed E-state index contributed by atoms with van der Waals surface area (Å²) < 4.78 is 12.0. The number of hydrogen-bond acceptors (Lipinski definition) is 6. The van der Waals surface area contributed by atoms with Crippen molar-refractivity contribution in [2.75, 3.05) is 37.6 Å². The van der Waals surface area contributed by atoms with Crippen molar-refractivity contribution >= 4 is 11.7 Å². The minimum absolute atomic E-state index is 0.0112. The Morgan fingerprint density at radius 3 is 2.65 bits per heavy atom. The summed E-state index contributed by atoms with van der Waals surface area (Å²) in [6, 6.07) is 10.5. The van der Waals surface area contributed by atoms with Gasteiger partial charge in [-0.05, 0) is 50.8 Å². The molecule has 3 aliphatic heterocycles. The molecule has 3 heterocycles. The molecule has 1 aliphatic carbocycles. The van der Waals surface area contributed by atoms with E-state index in [1.54, 1.807) is 0 Å². The summed E-state index contributed by atoms with van der Waals surface area (Å²) in [4.78, 5) is 17.7. The first kappa shape index (κ1) is 21.0. The van der Waals surface area contributed by atoms with E-state index in [9.17, 15) is 9.90 Å². The molecule has 3 fully saturated rings. The Bertz CT molecular complexity index is 835. The van der Waals surface area contributed by atoms with E-state index < -0.39 is 6.10 Å². The summed E-state index contributed by atoms with van der Waals surface area (Å²) in [5.74, 6) is -0.335. The van der Waals surface area contributed by atoms with Crippen molar-refractivity contribution in [2.24, 2.45) is 11.8 Å². The molecule has 1 N–H and O–H groups in total. The third-order valence-corrected chi connectivity index (χ3v) is 7.81. The van der Waals surface area contributed by atoms with Crippen molar-refractivity contribution in [3.05, 3.63) is 42.0 Å². The second-order valence-electron chi connectivity index (χ2n) is 9.88. The van der Waals surface area contributed by atoms with Gasteiger partial charge in [0.2, 0.25) is 0 Å². The van der Waals surface area contributed by atoms with Crippen LogP contribution in [0.15, 0.2) is 42.0 Å². The minimum atomic E-state index is -0.525. The molecule has 0 saturated carbocycles. The molecule has 0 bridgehead atoms. The zero-order valence-electron chi connectivity index (χ0n) is 18.6. The average molecular weight is 427 g/mol. The SMILES string of the molecule is CC1=CCC[C@@]2(C)O[C@@H]2[C@H]2OC(=O)[C@@H](CN3CCN(c4ccccc4)CC3)[C@@H]2C[C@H]1O. The molecule has 1 aromatic rings. The zero-order valence-corrected chi connectivity index (χ0v) is 18.6. The van der Waals surface area contributed by atoms with Crippen LogP contribution in [0.2, 0.25) is 0 Å². The highest BCUT2D eigenvalue weighted by atomic mass is 16.6. The van der Waals surface area contributed by atoms with Gasteiger partial charge in [0.1, 0.15) is 12.2 Å². The normalized spacial score (nSPS) is 38.7. The van der Waals surface area contributed by atoms with Crippen LogP contribution in [0.25, 0.3) is 0 Å². The summed E-state index contributed by atoms with van der Waals surface area (Å²) in [5.41, 5.74) is 2.04. The number of aliphatic hydroxyl groups is 1. The van der Waals surface area contributed by atoms with Gasteiger partial charge in [-0.1, -0.05) is 24.3 Å². The molecule has 6 heteroatoms. The van der Waals surface area contributed by atoms with E-state index in [-0.39, 0.29) is 35.6 Å². The number of fused-ring (bicyclic) bond motifs is 3. The van der Waals surface area contributed by atoms with Crippen LogP contribution >= 0.6 is 0 Å². The number of esters is 1. The van der Waals surface area contributed by atoms with Crippen LogP contribution in [0.1, 0.15) is 33.1 Å². The van der Waals surface area contributed by atoms with Crippen LogP contribution in [0.5, 0.6) is 0 Å². The van der Waals surface area contributed by atoms with Crippen molar-refractivity contribution < 1.29 is 19.4 Å². The number of aliphatic hydroxyl groups excluding tert-OH is 1. The van der Waals surface area contributed by atoms with Gasteiger partial charge in [0, 0.05) is 44.3 Å². The number of anilines is 1. The fourth-order valence-corrected chi connectivity index (χ4v) is 5.65. The number of hydrogen-bond donors (Lipinski definition) is 1. The molecule has 3 saturated heterocycles. The van der Waals surface area contributed by atoms with E-state index in [1.807, 2.05) is 13.0 Å². The Kier molecular flexibility index (Phi) is 5.57. The molecule has 6 nitrogen and oxygen atoms in total. The van der Waals surface area contributed by atoms with Gasteiger partial charge in [-0.25, -0.2) is 0 Å². The second kappa shape index (κ2) is 8.23. The van der Waals surface area contributed by atoms with Crippen molar-refractivity contribution in [1.82, 2.24) is 4.90 Å². The number of allylic oxidation sites excluding steroid dienone is 1. The van der Waals surface area contributed by atoms with Gasteiger partial charge in [-0.3, -0.25) is 9.69 Å². The van der Waals surface area contributed by atoms with E-state index >= 15 is 0 Å². The molecule has 5 rings (SSSR count). The smallest absolute Gasteiger partial charge is 0.311 e. The van der Waals surface area contributed by atoms with Crippen LogP contribution in [0.3, 0.4) is 0 Å². The molecular formula is C25H34N2O4. The summed E-state index contributed by atoms with van der Waals surface area (Å²) >= 11 is 0. The maximum absolute atomic E-state index is 12.9. The van der Waals surface area contributed by atoms with E-state index in [0.29, 0.717) is 13.0 Å². The van der Waals surface area contributed by atoms with Crippen LogP contribution < -0.4 is 4.90 Å². The van der Waals surface area contributed by atoms with Crippen LogP contribution in [-0.2, 0) is 14.3 Å². The molecule has 0 spiro atoms. The highest BCUT2D eigenvalue weighted by Crippen LogP contribution is 2.50. The number of para-hydroxylation sites is 1. The molecule has 0 unspecified atom stereocenters. The molecule has 0 aromatic heterocycles. The Balaban J connectivity index is 1.27. The predicted octanol–water partition coefficient (Wildman–Crippen LogP) is 2.62. The van der Waals surface area contributed by atoms with Crippen molar-refractivity contribution in [3.8, 4) is 0 Å². The number of ether oxygens (including phenoxy) is 2. The van der Waals surface area contributed by atoms with Crippen molar-refractivity contribution in [1.29, 1.82) is 0 Å². The first-order chi connectivity index (χ1) is 14.9. The number of benzene rings is 1. The molecule has 0 amide bonds. The number of rotatable bonds is 3. The molecule has 1 aromatic carbocycles. The maximum Gasteiger partial charge on any atom is 0.311 e. The van der Waals surface area contributed by atoms with E-state index in [1.165, 1.54) is 5.69 Å². The third kappa shape index (κ3) is 4.13. The lowest BCUT2D eigenvalue weighted by Gasteiger charge is -2.37. The molecule has 31 heavy (non-hydrogen) atoms. The Morgan fingerprint density at radius 1 is 1.16 bits per heavy atom. The van der Waals surface area contributed by atoms with Gasteiger partial charge in [0.25, 0.3) is 0 Å². The van der Waals surface area contributed by atoms with Crippen LogP contribution in [0, 0.1) is 11.8 Å². The first-order valence-corrected chi connectivity index (χ1v) is 11.7. The number of epoxide rings is 1. The van der Waals surface area contributed by atoms with E-state index in [0.717, 1.165) is 44.6 Å². The van der Waals surface area contributed by atoms with Gasteiger partial charge in [0.05, 0.1) is 17.6 Å². The predicted molar refractivity (Wildman–Crippen MR) is 119 cm³/mol.